The lowest BCUT2D eigenvalue weighted by atomic mass is 9.85. The van der Waals surface area contributed by atoms with Gasteiger partial charge in [-0.3, -0.25) is 0 Å². The van der Waals surface area contributed by atoms with Crippen LogP contribution in [0.15, 0.2) is 42.5 Å². The number of carbonyl (C=O) groups is 1. The summed E-state index contributed by atoms with van der Waals surface area (Å²) in [6.45, 7) is 6.80. The molecule has 26 heavy (non-hydrogen) atoms. The van der Waals surface area contributed by atoms with E-state index in [4.69, 9.17) is 21.1 Å². The Balaban J connectivity index is 1.68. The average molecular weight is 374 g/mol. The van der Waals surface area contributed by atoms with E-state index in [1.807, 2.05) is 42.5 Å². The Bertz CT molecular complexity index is 799. The molecule has 0 saturated heterocycles. The van der Waals surface area contributed by atoms with Crippen molar-refractivity contribution < 1.29 is 14.3 Å². The van der Waals surface area contributed by atoms with Gasteiger partial charge < -0.3 is 14.4 Å². The molecule has 0 bridgehead atoms. The van der Waals surface area contributed by atoms with E-state index in [0.29, 0.717) is 18.0 Å². The van der Waals surface area contributed by atoms with Crippen LogP contribution in [-0.2, 0) is 23.1 Å². The van der Waals surface area contributed by atoms with Crippen LogP contribution in [0.2, 0.25) is 5.02 Å². The first-order chi connectivity index (χ1) is 12.2. The Morgan fingerprint density at radius 1 is 1.27 bits per heavy atom. The van der Waals surface area contributed by atoms with Crippen molar-refractivity contribution in [2.24, 2.45) is 0 Å². The average Bonchev–Trinajstić information content (AvgIpc) is 2.95. The smallest absolute Gasteiger partial charge is 0.412 e. The lowest BCUT2D eigenvalue weighted by Crippen LogP contribution is -2.32. The van der Waals surface area contributed by atoms with Crippen LogP contribution >= 0.6 is 11.6 Å². The van der Waals surface area contributed by atoms with Crippen LogP contribution in [-0.4, -0.2) is 24.3 Å². The maximum Gasteiger partial charge on any atom is 0.412 e. The van der Waals surface area contributed by atoms with Crippen LogP contribution in [0.3, 0.4) is 0 Å². The molecule has 0 aliphatic carbocycles. The number of hydrogen-bond acceptors (Lipinski definition) is 3. The van der Waals surface area contributed by atoms with Crippen LogP contribution in [0, 0.1) is 0 Å². The Morgan fingerprint density at radius 3 is 2.62 bits per heavy atom. The largest absolute Gasteiger partial charge is 0.454 e. The highest BCUT2D eigenvalue weighted by atomic mass is 35.5. The molecule has 3 rings (SSSR count). The monoisotopic (exact) mass is 373 g/mol. The van der Waals surface area contributed by atoms with Gasteiger partial charge in [-0.2, -0.15) is 0 Å². The predicted octanol–water partition coefficient (Wildman–Crippen LogP) is 5.17. The summed E-state index contributed by atoms with van der Waals surface area (Å²) in [6, 6.07) is 13.6. The third-order valence-corrected chi connectivity index (χ3v) is 4.60. The van der Waals surface area contributed by atoms with E-state index in [1.165, 1.54) is 0 Å². The molecule has 1 aliphatic heterocycles. The molecule has 0 N–H and O–H groups in total. The molecule has 2 aromatic carbocycles. The second-order valence-corrected chi connectivity index (χ2v) is 8.10. The zero-order valence-electron chi connectivity index (χ0n) is 15.6. The minimum Gasteiger partial charge on any atom is -0.454 e. The molecule has 0 fully saturated rings. The molecule has 138 valence electrons. The molecular formula is C21H24ClNO3. The van der Waals surface area contributed by atoms with E-state index in [1.54, 1.807) is 11.9 Å². The van der Waals surface area contributed by atoms with Gasteiger partial charge in [0.1, 0.15) is 5.75 Å². The summed E-state index contributed by atoms with van der Waals surface area (Å²) in [5, 5.41) is 0.672. The number of nitrogens with zero attached hydrogens (tertiary/aromatic N) is 1. The van der Waals surface area contributed by atoms with Crippen LogP contribution in [0.1, 0.15) is 37.5 Å². The third-order valence-electron chi connectivity index (χ3n) is 4.38. The molecule has 0 spiro atoms. The number of halogens is 1. The fourth-order valence-corrected chi connectivity index (χ4v) is 3.28. The van der Waals surface area contributed by atoms with E-state index in [2.05, 4.69) is 20.8 Å². The van der Waals surface area contributed by atoms with E-state index < -0.39 is 12.4 Å². The van der Waals surface area contributed by atoms with Crippen molar-refractivity contribution in [1.29, 1.82) is 0 Å². The number of hydrogen-bond donors (Lipinski definition) is 0. The topological polar surface area (TPSA) is 38.8 Å². The summed E-state index contributed by atoms with van der Waals surface area (Å²) in [7, 11) is 1.72. The van der Waals surface area contributed by atoms with Crippen molar-refractivity contribution in [3.05, 3.63) is 64.2 Å². The van der Waals surface area contributed by atoms with Gasteiger partial charge in [0.15, 0.2) is 0 Å². The fraction of sp³-hybridized carbons (Fsp3) is 0.381. The molecule has 1 atom stereocenters. The zero-order valence-corrected chi connectivity index (χ0v) is 16.3. The van der Waals surface area contributed by atoms with Crippen molar-refractivity contribution in [3.8, 4) is 5.75 Å². The van der Waals surface area contributed by atoms with Crippen LogP contribution < -0.4 is 4.74 Å². The highest BCUT2D eigenvalue weighted by molar-refractivity contribution is 6.30. The summed E-state index contributed by atoms with van der Waals surface area (Å²) in [5.41, 5.74) is 2.93. The van der Waals surface area contributed by atoms with Gasteiger partial charge in [0, 0.05) is 29.7 Å². The molecule has 0 radical (unpaired) electrons. The molecule has 0 aromatic heterocycles. The van der Waals surface area contributed by atoms with Crippen molar-refractivity contribution >= 4 is 17.7 Å². The second-order valence-electron chi connectivity index (χ2n) is 7.67. The number of benzene rings is 2. The van der Waals surface area contributed by atoms with Gasteiger partial charge in [-0.25, -0.2) is 4.79 Å². The summed E-state index contributed by atoms with van der Waals surface area (Å²) >= 11 is 6.26. The first-order valence-electron chi connectivity index (χ1n) is 8.69. The minimum absolute atomic E-state index is 0.113. The van der Waals surface area contributed by atoms with Crippen molar-refractivity contribution in [2.45, 2.75) is 45.4 Å². The first-order valence-corrected chi connectivity index (χ1v) is 9.07. The normalized spacial score (nSPS) is 16.0. The number of rotatable bonds is 3. The molecule has 2 aromatic rings. The Labute approximate surface area is 159 Å². The number of ether oxygens (including phenoxy) is 2. The maximum atomic E-state index is 12.4. The number of fused-ring (bicyclic) bond motifs is 1. The number of carbonyl (C=O) groups excluding carboxylic acids is 1. The van der Waals surface area contributed by atoms with Gasteiger partial charge in [0.05, 0.1) is 6.42 Å². The van der Waals surface area contributed by atoms with Crippen molar-refractivity contribution in [1.82, 2.24) is 4.90 Å². The van der Waals surface area contributed by atoms with Gasteiger partial charge >= 0.3 is 6.09 Å². The molecule has 4 nitrogen and oxygen atoms in total. The first kappa shape index (κ1) is 18.6. The lowest BCUT2D eigenvalue weighted by Gasteiger charge is -2.23. The summed E-state index contributed by atoms with van der Waals surface area (Å²) < 4.78 is 11.5. The predicted molar refractivity (Wildman–Crippen MR) is 103 cm³/mol. The molecule has 1 amide bonds. The SMILES string of the molecule is CN(Cc1ccccc1)C(=O)OC1Cc2cc(Cl)cc(C(C)(C)C)c2O1. The Morgan fingerprint density at radius 2 is 1.96 bits per heavy atom. The van der Waals surface area contributed by atoms with Gasteiger partial charge in [-0.1, -0.05) is 62.7 Å². The fourth-order valence-electron chi connectivity index (χ4n) is 3.04. The third kappa shape index (κ3) is 4.13. The molecule has 1 aliphatic rings. The quantitative estimate of drug-likeness (QED) is 0.745. The van der Waals surface area contributed by atoms with Crippen molar-refractivity contribution in [2.75, 3.05) is 7.05 Å². The minimum atomic E-state index is -0.629. The highest BCUT2D eigenvalue weighted by Gasteiger charge is 2.32. The zero-order chi connectivity index (χ0) is 18.9. The summed E-state index contributed by atoms with van der Waals surface area (Å²) in [5.74, 6) is 0.783. The van der Waals surface area contributed by atoms with Gasteiger partial charge in [0.25, 0.3) is 0 Å². The van der Waals surface area contributed by atoms with E-state index in [0.717, 1.165) is 22.4 Å². The van der Waals surface area contributed by atoms with Crippen LogP contribution in [0.25, 0.3) is 0 Å². The van der Waals surface area contributed by atoms with E-state index in [9.17, 15) is 4.79 Å². The number of amides is 1. The molecule has 5 heteroatoms. The standard InChI is InChI=1S/C21H24ClNO3/c1-21(2,3)17-12-16(22)10-15-11-18(25-19(15)17)26-20(24)23(4)13-14-8-6-5-7-9-14/h5-10,12,18H,11,13H2,1-4H3. The van der Waals surface area contributed by atoms with E-state index >= 15 is 0 Å². The van der Waals surface area contributed by atoms with Gasteiger partial charge in [0.2, 0.25) is 6.29 Å². The molecular weight excluding hydrogens is 350 g/mol. The van der Waals surface area contributed by atoms with Crippen LogP contribution in [0.4, 0.5) is 4.79 Å². The maximum absolute atomic E-state index is 12.4. The molecule has 0 saturated carbocycles. The molecule has 1 unspecified atom stereocenters. The highest BCUT2D eigenvalue weighted by Crippen LogP contribution is 2.41. The van der Waals surface area contributed by atoms with Crippen molar-refractivity contribution in [3.63, 3.8) is 0 Å². The van der Waals surface area contributed by atoms with Gasteiger partial charge in [-0.05, 0) is 23.1 Å². The Kier molecular flexibility index (Phi) is 5.15. The summed E-state index contributed by atoms with van der Waals surface area (Å²) in [4.78, 5) is 13.9. The summed E-state index contributed by atoms with van der Waals surface area (Å²) in [6.07, 6.45) is -0.533. The lowest BCUT2D eigenvalue weighted by molar-refractivity contribution is -0.0310. The molecule has 1 heterocycles. The van der Waals surface area contributed by atoms with Crippen LogP contribution in [0.5, 0.6) is 5.75 Å². The Hall–Kier alpha value is -2.20. The van der Waals surface area contributed by atoms with E-state index in [-0.39, 0.29) is 5.41 Å². The second kappa shape index (κ2) is 7.20. The van der Waals surface area contributed by atoms with Gasteiger partial charge in [-0.15, -0.1) is 0 Å².